The second-order valence-corrected chi connectivity index (χ2v) is 9.20. The van der Waals surface area contributed by atoms with Crippen LogP contribution in [0.5, 0.6) is 11.5 Å². The van der Waals surface area contributed by atoms with Gasteiger partial charge in [-0.3, -0.25) is 4.90 Å². The summed E-state index contributed by atoms with van der Waals surface area (Å²) in [5, 5.41) is 0.527. The Labute approximate surface area is 165 Å². The van der Waals surface area contributed by atoms with E-state index in [4.69, 9.17) is 21.1 Å². The van der Waals surface area contributed by atoms with E-state index in [0.717, 1.165) is 29.9 Å². The van der Waals surface area contributed by atoms with Gasteiger partial charge >= 0.3 is 0 Å². The summed E-state index contributed by atoms with van der Waals surface area (Å²) in [5.74, 6) is 1.61. The van der Waals surface area contributed by atoms with Gasteiger partial charge in [-0.05, 0) is 55.3 Å². The van der Waals surface area contributed by atoms with Gasteiger partial charge in [0, 0.05) is 29.7 Å². The van der Waals surface area contributed by atoms with Crippen LogP contribution in [0.4, 0.5) is 0 Å². The number of benzene rings is 2. The fourth-order valence-electron chi connectivity index (χ4n) is 3.05. The maximum Gasteiger partial charge on any atom is 0.179 e. The maximum atomic E-state index is 12.7. The van der Waals surface area contributed by atoms with Gasteiger partial charge in [0.05, 0.1) is 24.9 Å². The molecule has 0 amide bonds. The SMILES string of the molecule is COc1ccc(OC)c(CN(CCS(=O)(=O)c2ccc(Cl)cc2)C2CC2)c1. The molecule has 1 aliphatic rings. The fourth-order valence-corrected chi connectivity index (χ4v) is 4.44. The van der Waals surface area contributed by atoms with Gasteiger partial charge in [0.2, 0.25) is 0 Å². The molecule has 0 saturated heterocycles. The molecular formula is C20H24ClNO4S. The lowest BCUT2D eigenvalue weighted by atomic mass is 10.1. The normalized spacial score (nSPS) is 14.4. The predicted molar refractivity (Wildman–Crippen MR) is 106 cm³/mol. The average Bonchev–Trinajstić information content (AvgIpc) is 3.50. The molecule has 0 aliphatic heterocycles. The first-order valence-electron chi connectivity index (χ1n) is 8.86. The third-order valence-electron chi connectivity index (χ3n) is 4.74. The molecule has 1 aliphatic carbocycles. The van der Waals surface area contributed by atoms with Crippen molar-refractivity contribution in [3.63, 3.8) is 0 Å². The monoisotopic (exact) mass is 409 g/mol. The zero-order valence-electron chi connectivity index (χ0n) is 15.5. The van der Waals surface area contributed by atoms with Crippen molar-refractivity contribution < 1.29 is 17.9 Å². The summed E-state index contributed by atoms with van der Waals surface area (Å²) in [7, 11) is -0.0903. The van der Waals surface area contributed by atoms with E-state index in [9.17, 15) is 8.42 Å². The van der Waals surface area contributed by atoms with Crippen LogP contribution in [0.2, 0.25) is 5.02 Å². The second kappa shape index (κ2) is 8.50. The van der Waals surface area contributed by atoms with Crippen molar-refractivity contribution in [2.75, 3.05) is 26.5 Å². The molecule has 27 heavy (non-hydrogen) atoms. The minimum Gasteiger partial charge on any atom is -0.497 e. The molecule has 2 aromatic carbocycles. The highest BCUT2D eigenvalue weighted by atomic mass is 35.5. The van der Waals surface area contributed by atoms with Crippen molar-refractivity contribution in [3.05, 3.63) is 53.1 Å². The van der Waals surface area contributed by atoms with E-state index in [-0.39, 0.29) is 5.75 Å². The standard InChI is InChI=1S/C20H24ClNO4S/c1-25-18-7-10-20(26-2)15(13-18)14-22(17-5-6-17)11-12-27(23,24)19-8-3-16(21)4-9-19/h3-4,7-10,13,17H,5-6,11-12,14H2,1-2H3. The minimum absolute atomic E-state index is 0.0669. The Kier molecular flexibility index (Phi) is 6.29. The third-order valence-corrected chi connectivity index (χ3v) is 6.71. The van der Waals surface area contributed by atoms with Crippen molar-refractivity contribution in [1.82, 2.24) is 4.90 Å². The third kappa shape index (κ3) is 5.15. The molecule has 0 bridgehead atoms. The molecule has 0 heterocycles. The lowest BCUT2D eigenvalue weighted by Gasteiger charge is -2.23. The first-order chi connectivity index (χ1) is 12.9. The molecular weight excluding hydrogens is 386 g/mol. The molecule has 0 radical (unpaired) electrons. The Bertz CT molecular complexity index is 879. The van der Waals surface area contributed by atoms with E-state index in [2.05, 4.69) is 4.90 Å². The summed E-state index contributed by atoms with van der Waals surface area (Å²) in [6.07, 6.45) is 2.18. The minimum atomic E-state index is -3.35. The quantitative estimate of drug-likeness (QED) is 0.630. The predicted octanol–water partition coefficient (Wildman–Crippen LogP) is 3.80. The molecule has 2 aromatic rings. The summed E-state index contributed by atoms with van der Waals surface area (Å²) in [4.78, 5) is 2.52. The zero-order valence-corrected chi connectivity index (χ0v) is 17.1. The number of methoxy groups -OCH3 is 2. The topological polar surface area (TPSA) is 55.8 Å². The van der Waals surface area contributed by atoms with Gasteiger partial charge in [-0.15, -0.1) is 0 Å². The summed E-state index contributed by atoms with van der Waals surface area (Å²) < 4.78 is 36.1. The number of nitrogens with zero attached hydrogens (tertiary/aromatic N) is 1. The molecule has 146 valence electrons. The average molecular weight is 410 g/mol. The molecule has 3 rings (SSSR count). The van der Waals surface area contributed by atoms with Crippen molar-refractivity contribution in [1.29, 1.82) is 0 Å². The van der Waals surface area contributed by atoms with Crippen LogP contribution in [0, 0.1) is 0 Å². The van der Waals surface area contributed by atoms with Gasteiger partial charge in [0.1, 0.15) is 11.5 Å². The fraction of sp³-hybridized carbons (Fsp3) is 0.400. The Hall–Kier alpha value is -1.76. The highest BCUT2D eigenvalue weighted by Gasteiger charge is 2.30. The number of sulfone groups is 1. The highest BCUT2D eigenvalue weighted by molar-refractivity contribution is 7.91. The smallest absolute Gasteiger partial charge is 0.179 e. The van der Waals surface area contributed by atoms with Crippen LogP contribution < -0.4 is 9.47 Å². The maximum absolute atomic E-state index is 12.7. The van der Waals surface area contributed by atoms with Crippen molar-refractivity contribution >= 4 is 21.4 Å². The van der Waals surface area contributed by atoms with E-state index in [1.165, 1.54) is 0 Å². The van der Waals surface area contributed by atoms with E-state index in [0.29, 0.717) is 29.0 Å². The molecule has 0 spiro atoms. The molecule has 1 saturated carbocycles. The van der Waals surface area contributed by atoms with Crippen LogP contribution in [-0.2, 0) is 16.4 Å². The van der Waals surface area contributed by atoms with Gasteiger partial charge in [0.25, 0.3) is 0 Å². The number of rotatable bonds is 9. The molecule has 7 heteroatoms. The van der Waals surface area contributed by atoms with E-state index in [1.807, 2.05) is 18.2 Å². The molecule has 5 nitrogen and oxygen atoms in total. The number of halogens is 1. The van der Waals surface area contributed by atoms with Crippen LogP contribution in [0.3, 0.4) is 0 Å². The molecule has 0 aromatic heterocycles. The zero-order chi connectivity index (χ0) is 19.4. The van der Waals surface area contributed by atoms with Gasteiger partial charge in [0.15, 0.2) is 9.84 Å². The summed E-state index contributed by atoms with van der Waals surface area (Å²) >= 11 is 5.86. The molecule has 0 unspecified atom stereocenters. The van der Waals surface area contributed by atoms with Gasteiger partial charge in [-0.2, -0.15) is 0 Å². The Morgan fingerprint density at radius 2 is 1.78 bits per heavy atom. The summed E-state index contributed by atoms with van der Waals surface area (Å²) in [6, 6.07) is 12.4. The van der Waals surface area contributed by atoms with Crippen molar-refractivity contribution in [2.24, 2.45) is 0 Å². The lowest BCUT2D eigenvalue weighted by molar-refractivity contribution is 0.264. The van der Waals surface area contributed by atoms with Crippen molar-refractivity contribution in [2.45, 2.75) is 30.3 Å². The van der Waals surface area contributed by atoms with Crippen LogP contribution in [0.25, 0.3) is 0 Å². The summed E-state index contributed by atoms with van der Waals surface area (Å²) in [5.41, 5.74) is 0.993. The molecule has 1 fully saturated rings. The van der Waals surface area contributed by atoms with E-state index < -0.39 is 9.84 Å². The van der Waals surface area contributed by atoms with Gasteiger partial charge in [-0.25, -0.2) is 8.42 Å². The van der Waals surface area contributed by atoms with Crippen LogP contribution in [0.15, 0.2) is 47.4 Å². The lowest BCUT2D eigenvalue weighted by Crippen LogP contribution is -2.31. The van der Waals surface area contributed by atoms with E-state index in [1.54, 1.807) is 38.5 Å². The first-order valence-corrected chi connectivity index (χ1v) is 10.9. The number of hydrogen-bond donors (Lipinski definition) is 0. The first kappa shape index (κ1) is 20.0. The largest absolute Gasteiger partial charge is 0.497 e. The molecule has 0 atom stereocenters. The molecule has 0 N–H and O–H groups in total. The van der Waals surface area contributed by atoms with Crippen LogP contribution in [-0.4, -0.2) is 45.9 Å². The Morgan fingerprint density at radius 3 is 2.37 bits per heavy atom. The van der Waals surface area contributed by atoms with Gasteiger partial charge < -0.3 is 9.47 Å². The second-order valence-electron chi connectivity index (χ2n) is 6.65. The van der Waals surface area contributed by atoms with Gasteiger partial charge in [-0.1, -0.05) is 11.6 Å². The highest BCUT2D eigenvalue weighted by Crippen LogP contribution is 2.32. The van der Waals surface area contributed by atoms with E-state index >= 15 is 0 Å². The van der Waals surface area contributed by atoms with Crippen LogP contribution in [0.1, 0.15) is 18.4 Å². The number of ether oxygens (including phenoxy) is 2. The summed E-state index contributed by atoms with van der Waals surface area (Å²) in [6.45, 7) is 1.09. The van der Waals surface area contributed by atoms with Crippen LogP contribution >= 0.6 is 11.6 Å². The Balaban J connectivity index is 1.73. The Morgan fingerprint density at radius 1 is 1.07 bits per heavy atom. The van der Waals surface area contributed by atoms with Crippen molar-refractivity contribution in [3.8, 4) is 11.5 Å². The number of hydrogen-bond acceptors (Lipinski definition) is 5.